The molecule has 1 N–H and O–H groups in total. The van der Waals surface area contributed by atoms with Crippen molar-refractivity contribution >= 4 is 0 Å². The third-order valence-electron chi connectivity index (χ3n) is 2.66. The number of aryl methyl sites for hydroxylation is 1. The van der Waals surface area contributed by atoms with Gasteiger partial charge in [-0.2, -0.15) is 5.10 Å². The number of nitrogens with one attached hydrogen (secondary N) is 1. The summed E-state index contributed by atoms with van der Waals surface area (Å²) in [7, 11) is 2.05. The number of hydrogen-bond acceptors (Lipinski definition) is 2. The van der Waals surface area contributed by atoms with Crippen molar-refractivity contribution in [2.45, 2.75) is 32.7 Å². The van der Waals surface area contributed by atoms with Gasteiger partial charge in [0.1, 0.15) is 0 Å². The van der Waals surface area contributed by atoms with Crippen LogP contribution >= 0.6 is 0 Å². The fourth-order valence-electron chi connectivity index (χ4n) is 2.17. The molecule has 0 saturated carbocycles. The summed E-state index contributed by atoms with van der Waals surface area (Å²) in [5.74, 6) is 0.571. The third-order valence-corrected chi connectivity index (χ3v) is 2.66. The lowest BCUT2D eigenvalue weighted by atomic mass is 10.0. The highest BCUT2D eigenvalue weighted by Crippen LogP contribution is 2.23. The Morgan fingerprint density at radius 1 is 1.46 bits per heavy atom. The molecule has 0 aliphatic carbocycles. The van der Waals surface area contributed by atoms with Crippen LogP contribution < -0.4 is 5.32 Å². The van der Waals surface area contributed by atoms with E-state index in [1.807, 2.05) is 11.7 Å². The molecule has 0 radical (unpaired) electrons. The molecule has 0 atom stereocenters. The van der Waals surface area contributed by atoms with Gasteiger partial charge >= 0.3 is 0 Å². The molecule has 3 nitrogen and oxygen atoms in total. The first kappa shape index (κ1) is 8.75. The van der Waals surface area contributed by atoms with Crippen LogP contribution in [-0.2, 0) is 20.0 Å². The standard InChI is InChI=1S/C10H17N3/c1-7(2)10-8-6-11-5-4-9(8)12-13(10)3/h7,11H,4-6H2,1-3H3. The first-order valence-electron chi connectivity index (χ1n) is 4.95. The maximum Gasteiger partial charge on any atom is 0.0685 e. The van der Waals surface area contributed by atoms with Gasteiger partial charge < -0.3 is 5.32 Å². The molecule has 72 valence electrons. The van der Waals surface area contributed by atoms with E-state index in [0.717, 1.165) is 19.5 Å². The normalized spacial score (nSPS) is 16.3. The van der Waals surface area contributed by atoms with Gasteiger partial charge in [-0.3, -0.25) is 4.68 Å². The average molecular weight is 179 g/mol. The molecular formula is C10H17N3. The molecule has 0 amide bonds. The highest BCUT2D eigenvalue weighted by atomic mass is 15.3. The summed E-state index contributed by atoms with van der Waals surface area (Å²) in [6.45, 7) is 6.52. The van der Waals surface area contributed by atoms with E-state index >= 15 is 0 Å². The predicted octanol–water partition coefficient (Wildman–Crippen LogP) is 1.19. The molecule has 0 bridgehead atoms. The summed E-state index contributed by atoms with van der Waals surface area (Å²) < 4.78 is 2.04. The first-order valence-corrected chi connectivity index (χ1v) is 4.95. The summed E-state index contributed by atoms with van der Waals surface area (Å²) in [5.41, 5.74) is 4.12. The van der Waals surface area contributed by atoms with Crippen LogP contribution in [0.5, 0.6) is 0 Å². The molecule has 0 unspecified atom stereocenters. The lowest BCUT2D eigenvalue weighted by molar-refractivity contribution is 0.630. The molecule has 13 heavy (non-hydrogen) atoms. The Balaban J connectivity index is 2.48. The van der Waals surface area contributed by atoms with Crippen LogP contribution in [-0.4, -0.2) is 16.3 Å². The molecule has 1 aromatic heterocycles. The second-order valence-corrected chi connectivity index (χ2v) is 4.02. The molecule has 0 saturated heterocycles. The van der Waals surface area contributed by atoms with Gasteiger partial charge in [0.05, 0.1) is 5.69 Å². The number of rotatable bonds is 1. The minimum Gasteiger partial charge on any atom is -0.312 e. The fraction of sp³-hybridized carbons (Fsp3) is 0.700. The van der Waals surface area contributed by atoms with Crippen LogP contribution in [0.3, 0.4) is 0 Å². The summed E-state index contributed by atoms with van der Waals surface area (Å²) in [4.78, 5) is 0. The van der Waals surface area contributed by atoms with Crippen molar-refractivity contribution in [1.82, 2.24) is 15.1 Å². The lowest BCUT2D eigenvalue weighted by Crippen LogP contribution is -2.23. The highest BCUT2D eigenvalue weighted by Gasteiger charge is 2.20. The van der Waals surface area contributed by atoms with E-state index in [2.05, 4.69) is 24.3 Å². The monoisotopic (exact) mass is 179 g/mol. The van der Waals surface area contributed by atoms with Gasteiger partial charge in [-0.15, -0.1) is 0 Å². The van der Waals surface area contributed by atoms with Crippen LogP contribution in [0.15, 0.2) is 0 Å². The average Bonchev–Trinajstić information content (AvgIpc) is 2.39. The summed E-state index contributed by atoms with van der Waals surface area (Å²) >= 11 is 0. The van der Waals surface area contributed by atoms with Crippen LogP contribution in [0.4, 0.5) is 0 Å². The van der Waals surface area contributed by atoms with E-state index < -0.39 is 0 Å². The zero-order chi connectivity index (χ0) is 9.42. The predicted molar refractivity (Wildman–Crippen MR) is 52.7 cm³/mol. The third kappa shape index (κ3) is 1.37. The van der Waals surface area contributed by atoms with E-state index in [4.69, 9.17) is 0 Å². The zero-order valence-electron chi connectivity index (χ0n) is 8.59. The van der Waals surface area contributed by atoms with Gasteiger partial charge in [0, 0.05) is 37.8 Å². The van der Waals surface area contributed by atoms with E-state index in [-0.39, 0.29) is 0 Å². The Kier molecular flexibility index (Phi) is 2.12. The number of hydrogen-bond donors (Lipinski definition) is 1. The van der Waals surface area contributed by atoms with Crippen molar-refractivity contribution in [3.8, 4) is 0 Å². The Bertz CT molecular complexity index is 312. The van der Waals surface area contributed by atoms with E-state index in [1.165, 1.54) is 17.0 Å². The molecular weight excluding hydrogens is 162 g/mol. The largest absolute Gasteiger partial charge is 0.312 e. The van der Waals surface area contributed by atoms with Crippen LogP contribution in [0.25, 0.3) is 0 Å². The van der Waals surface area contributed by atoms with Crippen molar-refractivity contribution in [3.05, 3.63) is 17.0 Å². The zero-order valence-corrected chi connectivity index (χ0v) is 8.59. The molecule has 0 fully saturated rings. The Morgan fingerprint density at radius 2 is 2.23 bits per heavy atom. The molecule has 1 aliphatic heterocycles. The highest BCUT2D eigenvalue weighted by molar-refractivity contribution is 5.30. The Hall–Kier alpha value is -0.830. The van der Waals surface area contributed by atoms with Crippen molar-refractivity contribution in [2.75, 3.05) is 6.54 Å². The van der Waals surface area contributed by atoms with Crippen molar-refractivity contribution in [3.63, 3.8) is 0 Å². The van der Waals surface area contributed by atoms with Crippen LogP contribution in [0, 0.1) is 0 Å². The smallest absolute Gasteiger partial charge is 0.0685 e. The molecule has 1 aromatic rings. The second kappa shape index (κ2) is 3.14. The maximum atomic E-state index is 4.55. The number of aromatic nitrogens is 2. The second-order valence-electron chi connectivity index (χ2n) is 4.02. The lowest BCUT2D eigenvalue weighted by Gasteiger charge is -2.14. The van der Waals surface area contributed by atoms with Gasteiger partial charge in [-0.05, 0) is 5.92 Å². The van der Waals surface area contributed by atoms with Crippen molar-refractivity contribution < 1.29 is 0 Å². The fourth-order valence-corrected chi connectivity index (χ4v) is 2.17. The summed E-state index contributed by atoms with van der Waals surface area (Å²) in [6.07, 6.45) is 1.08. The Morgan fingerprint density at radius 3 is 2.92 bits per heavy atom. The van der Waals surface area contributed by atoms with E-state index in [9.17, 15) is 0 Å². The van der Waals surface area contributed by atoms with Gasteiger partial charge in [0.2, 0.25) is 0 Å². The van der Waals surface area contributed by atoms with Crippen molar-refractivity contribution in [1.29, 1.82) is 0 Å². The summed E-state index contributed by atoms with van der Waals surface area (Å²) in [6, 6.07) is 0. The minimum atomic E-state index is 0.571. The number of nitrogens with zero attached hydrogens (tertiary/aromatic N) is 2. The molecule has 3 heteroatoms. The molecule has 0 spiro atoms. The minimum absolute atomic E-state index is 0.571. The first-order chi connectivity index (χ1) is 6.20. The van der Waals surface area contributed by atoms with Gasteiger partial charge in [-0.1, -0.05) is 13.8 Å². The Labute approximate surface area is 79.1 Å². The van der Waals surface area contributed by atoms with E-state index in [1.54, 1.807) is 0 Å². The van der Waals surface area contributed by atoms with E-state index in [0.29, 0.717) is 5.92 Å². The van der Waals surface area contributed by atoms with Gasteiger partial charge in [-0.25, -0.2) is 0 Å². The molecule has 2 rings (SSSR count). The van der Waals surface area contributed by atoms with Crippen LogP contribution in [0.1, 0.15) is 36.7 Å². The maximum absolute atomic E-state index is 4.55. The quantitative estimate of drug-likeness (QED) is 0.701. The number of fused-ring (bicyclic) bond motifs is 1. The molecule has 1 aliphatic rings. The van der Waals surface area contributed by atoms with Crippen LogP contribution in [0.2, 0.25) is 0 Å². The topological polar surface area (TPSA) is 29.9 Å². The summed E-state index contributed by atoms with van der Waals surface area (Å²) in [5, 5.41) is 7.95. The van der Waals surface area contributed by atoms with Gasteiger partial charge in [0.15, 0.2) is 0 Å². The molecule has 0 aromatic carbocycles. The van der Waals surface area contributed by atoms with Gasteiger partial charge in [0.25, 0.3) is 0 Å². The SMILES string of the molecule is CC(C)c1c2c(nn1C)CCNC2. The van der Waals surface area contributed by atoms with Crippen molar-refractivity contribution in [2.24, 2.45) is 7.05 Å². The molecule has 2 heterocycles.